The van der Waals surface area contributed by atoms with Crippen molar-refractivity contribution >= 4 is 21.6 Å². The van der Waals surface area contributed by atoms with Crippen molar-refractivity contribution < 1.29 is 18.3 Å². The Morgan fingerprint density at radius 3 is 2.65 bits per heavy atom. The molecule has 0 aliphatic carbocycles. The van der Waals surface area contributed by atoms with Crippen molar-refractivity contribution in [2.24, 2.45) is 0 Å². The van der Waals surface area contributed by atoms with Crippen LogP contribution in [0.2, 0.25) is 0 Å². The second-order valence-electron chi connectivity index (χ2n) is 3.48. The number of aromatic hydroxyl groups is 1. The minimum Gasteiger partial charge on any atom is -0.504 e. The normalized spacial score (nSPS) is 11.8. The summed E-state index contributed by atoms with van der Waals surface area (Å²) in [5.74, 6) is 0.318. The van der Waals surface area contributed by atoms with Crippen molar-refractivity contribution in [1.29, 1.82) is 0 Å². The van der Waals surface area contributed by atoms with Crippen LogP contribution in [0.1, 0.15) is 5.56 Å². The Bertz CT molecular complexity index is 489. The Labute approximate surface area is 106 Å². The van der Waals surface area contributed by atoms with Gasteiger partial charge in [-0.2, -0.15) is 4.31 Å². The minimum absolute atomic E-state index is 0.0131. The van der Waals surface area contributed by atoms with E-state index in [1.807, 2.05) is 0 Å². The number of sulfonamides is 1. The number of halogens is 1. The van der Waals surface area contributed by atoms with Crippen LogP contribution in [0.4, 0.5) is 0 Å². The largest absolute Gasteiger partial charge is 0.504 e. The fourth-order valence-electron chi connectivity index (χ4n) is 1.26. The molecule has 0 atom stereocenters. The zero-order valence-corrected chi connectivity index (χ0v) is 11.1. The Kier molecular flexibility index (Phi) is 4.62. The first kappa shape index (κ1) is 14.1. The van der Waals surface area contributed by atoms with Gasteiger partial charge in [0.25, 0.3) is 0 Å². The van der Waals surface area contributed by atoms with Crippen LogP contribution >= 0.6 is 11.6 Å². The maximum absolute atomic E-state index is 11.4. The van der Waals surface area contributed by atoms with Crippen LogP contribution in [0.3, 0.4) is 0 Å². The summed E-state index contributed by atoms with van der Waals surface area (Å²) < 4.78 is 29.0. The molecule has 0 saturated carbocycles. The Morgan fingerprint density at radius 2 is 2.12 bits per heavy atom. The lowest BCUT2D eigenvalue weighted by molar-refractivity contribution is 0.372. The monoisotopic (exact) mass is 279 g/mol. The highest BCUT2D eigenvalue weighted by Crippen LogP contribution is 2.26. The van der Waals surface area contributed by atoms with E-state index < -0.39 is 15.2 Å². The molecule has 7 heteroatoms. The molecular formula is C10H14ClNO4S. The van der Waals surface area contributed by atoms with Crippen LogP contribution in [0, 0.1) is 0 Å². The van der Waals surface area contributed by atoms with E-state index in [9.17, 15) is 13.5 Å². The second-order valence-corrected chi connectivity index (χ2v) is 6.14. The number of alkyl halides is 1. The average molecular weight is 280 g/mol. The number of hydrogen-bond acceptors (Lipinski definition) is 4. The van der Waals surface area contributed by atoms with Crippen molar-refractivity contribution in [1.82, 2.24) is 4.31 Å². The smallest absolute Gasteiger partial charge is 0.228 e. The summed E-state index contributed by atoms with van der Waals surface area (Å²) in [5.41, 5.74) is 0.704. The molecule has 0 aliphatic heterocycles. The average Bonchev–Trinajstić information content (AvgIpc) is 2.31. The number of benzene rings is 1. The quantitative estimate of drug-likeness (QED) is 0.827. The molecule has 1 aromatic carbocycles. The lowest BCUT2D eigenvalue weighted by atomic mass is 10.2. The molecule has 1 rings (SSSR count). The number of hydrogen-bond donors (Lipinski definition) is 1. The van der Waals surface area contributed by atoms with Gasteiger partial charge in [0, 0.05) is 13.6 Å². The lowest BCUT2D eigenvalue weighted by Crippen LogP contribution is -2.27. The van der Waals surface area contributed by atoms with Gasteiger partial charge in [0.15, 0.2) is 11.5 Å². The van der Waals surface area contributed by atoms with Crippen LogP contribution in [0.5, 0.6) is 11.5 Å². The van der Waals surface area contributed by atoms with Crippen LogP contribution in [-0.2, 0) is 16.6 Å². The molecule has 0 amide bonds. The molecule has 1 N–H and O–H groups in total. The SMILES string of the molecule is COc1cc(CN(C)S(=O)(=O)CCl)ccc1O. The Balaban J connectivity index is 2.89. The summed E-state index contributed by atoms with van der Waals surface area (Å²) in [6.07, 6.45) is 0. The topological polar surface area (TPSA) is 66.8 Å². The van der Waals surface area contributed by atoms with E-state index >= 15 is 0 Å². The van der Waals surface area contributed by atoms with Gasteiger partial charge in [0.1, 0.15) is 5.21 Å². The first-order valence-electron chi connectivity index (χ1n) is 4.76. The van der Waals surface area contributed by atoms with Crippen molar-refractivity contribution in [2.75, 3.05) is 19.4 Å². The van der Waals surface area contributed by atoms with E-state index in [1.165, 1.54) is 20.2 Å². The second kappa shape index (κ2) is 5.57. The third-order valence-corrected chi connectivity index (χ3v) is 4.44. The highest BCUT2D eigenvalue weighted by atomic mass is 35.5. The molecule has 0 saturated heterocycles. The van der Waals surface area contributed by atoms with Gasteiger partial charge in [0.2, 0.25) is 10.0 Å². The van der Waals surface area contributed by atoms with Crippen LogP contribution in [0.15, 0.2) is 18.2 Å². The predicted octanol–water partition coefficient (Wildman–Crippen LogP) is 1.36. The fraction of sp³-hybridized carbons (Fsp3) is 0.400. The summed E-state index contributed by atoms with van der Waals surface area (Å²) in [4.78, 5) is 0. The molecule has 0 unspecified atom stereocenters. The van der Waals surface area contributed by atoms with Crippen molar-refractivity contribution in [2.45, 2.75) is 6.54 Å². The maximum atomic E-state index is 11.4. The zero-order valence-electron chi connectivity index (χ0n) is 9.55. The summed E-state index contributed by atoms with van der Waals surface area (Å²) >= 11 is 5.34. The van der Waals surface area contributed by atoms with Gasteiger partial charge >= 0.3 is 0 Å². The molecule has 0 radical (unpaired) electrons. The van der Waals surface area contributed by atoms with Gasteiger partial charge in [-0.3, -0.25) is 0 Å². The van der Waals surface area contributed by atoms with E-state index in [1.54, 1.807) is 12.1 Å². The third kappa shape index (κ3) is 3.49. The van der Waals surface area contributed by atoms with Gasteiger partial charge in [-0.1, -0.05) is 6.07 Å². The molecule has 0 heterocycles. The molecular weight excluding hydrogens is 266 g/mol. The van der Waals surface area contributed by atoms with Gasteiger partial charge in [-0.05, 0) is 17.7 Å². The third-order valence-electron chi connectivity index (χ3n) is 2.26. The summed E-state index contributed by atoms with van der Waals surface area (Å²) in [7, 11) is -0.560. The van der Waals surface area contributed by atoms with Gasteiger partial charge in [-0.15, -0.1) is 11.6 Å². The lowest BCUT2D eigenvalue weighted by Gasteiger charge is -2.16. The fourth-order valence-corrected chi connectivity index (χ4v) is 2.27. The molecule has 96 valence electrons. The number of phenolic OH excluding ortho intramolecular Hbond substituents is 1. The molecule has 0 spiro atoms. The number of methoxy groups -OCH3 is 1. The molecule has 0 aliphatic rings. The predicted molar refractivity (Wildman–Crippen MR) is 65.8 cm³/mol. The van der Waals surface area contributed by atoms with Crippen LogP contribution in [0.25, 0.3) is 0 Å². The molecule has 5 nitrogen and oxygen atoms in total. The number of phenols is 1. The maximum Gasteiger partial charge on any atom is 0.228 e. The summed E-state index contributed by atoms with van der Waals surface area (Å²) in [6, 6.07) is 4.66. The van der Waals surface area contributed by atoms with Crippen LogP contribution < -0.4 is 4.74 Å². The van der Waals surface area contributed by atoms with E-state index in [0.717, 1.165) is 4.31 Å². The number of ether oxygens (including phenoxy) is 1. The van der Waals surface area contributed by atoms with E-state index in [2.05, 4.69) is 0 Å². The molecule has 1 aromatic rings. The molecule has 0 aromatic heterocycles. The minimum atomic E-state index is -3.43. The van der Waals surface area contributed by atoms with E-state index in [-0.39, 0.29) is 12.3 Å². The summed E-state index contributed by atoms with van der Waals surface area (Å²) in [5, 5.41) is 8.94. The first-order chi connectivity index (χ1) is 7.90. The van der Waals surface area contributed by atoms with Crippen molar-refractivity contribution in [3.63, 3.8) is 0 Å². The Morgan fingerprint density at radius 1 is 1.47 bits per heavy atom. The molecule has 0 fully saturated rings. The van der Waals surface area contributed by atoms with Crippen LogP contribution in [-0.4, -0.2) is 37.2 Å². The Hall–Kier alpha value is -0.980. The van der Waals surface area contributed by atoms with Crippen molar-refractivity contribution in [3.05, 3.63) is 23.8 Å². The van der Waals surface area contributed by atoms with E-state index in [4.69, 9.17) is 16.3 Å². The highest BCUT2D eigenvalue weighted by Gasteiger charge is 2.16. The molecule has 17 heavy (non-hydrogen) atoms. The number of nitrogens with zero attached hydrogens (tertiary/aromatic N) is 1. The molecule has 0 bridgehead atoms. The number of rotatable bonds is 5. The zero-order chi connectivity index (χ0) is 13.1. The van der Waals surface area contributed by atoms with E-state index in [0.29, 0.717) is 11.3 Å². The van der Waals surface area contributed by atoms with Gasteiger partial charge in [-0.25, -0.2) is 8.42 Å². The standard InChI is InChI=1S/C10H14ClNO4S/c1-12(17(14,15)7-11)6-8-3-4-9(13)10(5-8)16-2/h3-5,13H,6-7H2,1-2H3. The van der Waals surface area contributed by atoms with Gasteiger partial charge < -0.3 is 9.84 Å². The summed E-state index contributed by atoms with van der Waals surface area (Å²) in [6.45, 7) is 0.172. The highest BCUT2D eigenvalue weighted by molar-refractivity contribution is 7.90. The first-order valence-corrected chi connectivity index (χ1v) is 6.91. The van der Waals surface area contributed by atoms with Gasteiger partial charge in [0.05, 0.1) is 7.11 Å². The van der Waals surface area contributed by atoms with Crippen molar-refractivity contribution in [3.8, 4) is 11.5 Å².